The number of nitrogens with one attached hydrogen (secondary N) is 1. The molecule has 2 aliphatic heterocycles. The van der Waals surface area contributed by atoms with E-state index in [1.54, 1.807) is 24.3 Å². The zero-order chi connectivity index (χ0) is 17.6. The molecule has 2 heterocycles. The molecule has 0 saturated carbocycles. The molecule has 25 heavy (non-hydrogen) atoms. The minimum atomic E-state index is -0.0563. The van der Waals surface area contributed by atoms with Crippen LogP contribution in [0.1, 0.15) is 24.8 Å². The van der Waals surface area contributed by atoms with Crippen molar-refractivity contribution in [2.45, 2.75) is 25.3 Å². The Labute approximate surface area is 150 Å². The number of carbonyl (C=O) groups is 1. The van der Waals surface area contributed by atoms with E-state index < -0.39 is 0 Å². The van der Waals surface area contributed by atoms with Crippen molar-refractivity contribution in [3.8, 4) is 6.07 Å². The fourth-order valence-corrected chi connectivity index (χ4v) is 3.64. The number of likely N-dealkylation sites (tertiary alicyclic amines) is 1. The molecule has 0 aromatic heterocycles. The normalized spacial score (nSPS) is 22.4. The van der Waals surface area contributed by atoms with Gasteiger partial charge in [0.25, 0.3) is 0 Å². The van der Waals surface area contributed by atoms with Gasteiger partial charge in [0.2, 0.25) is 0 Å². The number of anilines is 1. The van der Waals surface area contributed by atoms with Gasteiger partial charge in [-0.1, -0.05) is 6.42 Å². The minimum absolute atomic E-state index is 0.0563. The topological polar surface area (TPSA) is 62.6 Å². The Morgan fingerprint density at radius 2 is 1.88 bits per heavy atom. The molecule has 6 heteroatoms. The Morgan fingerprint density at radius 3 is 2.52 bits per heavy atom. The van der Waals surface area contributed by atoms with E-state index in [2.05, 4.69) is 28.2 Å². The minimum Gasteiger partial charge on any atom is -0.322 e. The van der Waals surface area contributed by atoms with Gasteiger partial charge in [-0.15, -0.1) is 0 Å². The molecule has 6 nitrogen and oxygen atoms in total. The van der Waals surface area contributed by atoms with Crippen LogP contribution in [0.2, 0.25) is 0 Å². The van der Waals surface area contributed by atoms with E-state index in [0.29, 0.717) is 11.6 Å². The maximum absolute atomic E-state index is 12.4. The van der Waals surface area contributed by atoms with Crippen molar-refractivity contribution in [3.05, 3.63) is 29.8 Å². The molecule has 2 aliphatic rings. The van der Waals surface area contributed by atoms with Crippen LogP contribution >= 0.6 is 0 Å². The van der Waals surface area contributed by atoms with Gasteiger partial charge in [-0.3, -0.25) is 4.90 Å². The number of benzene rings is 1. The molecular formula is C19H27N5O. The summed E-state index contributed by atoms with van der Waals surface area (Å²) in [5, 5.41) is 11.7. The Bertz CT molecular complexity index is 616. The van der Waals surface area contributed by atoms with E-state index in [0.717, 1.165) is 38.4 Å². The highest BCUT2D eigenvalue weighted by molar-refractivity contribution is 5.89. The van der Waals surface area contributed by atoms with Crippen LogP contribution in [0.4, 0.5) is 10.5 Å². The lowest BCUT2D eigenvalue weighted by molar-refractivity contribution is 0.0956. The standard InChI is InChI=1S/C19H27N5O/c1-22-9-3-2-4-18(22)15-23-10-12-24(13-11-23)19(25)21-17-7-5-16(14-20)6-8-17/h5-8,18H,2-4,9-13,15H2,1H3,(H,21,25)/t18-/m0/s1. The molecule has 2 saturated heterocycles. The summed E-state index contributed by atoms with van der Waals surface area (Å²) in [7, 11) is 2.23. The Kier molecular flexibility index (Phi) is 5.90. The Morgan fingerprint density at radius 1 is 1.16 bits per heavy atom. The molecule has 134 valence electrons. The van der Waals surface area contributed by atoms with Crippen LogP contribution in [-0.4, -0.2) is 73.1 Å². The number of nitrogens with zero attached hydrogens (tertiary/aromatic N) is 4. The van der Waals surface area contributed by atoms with Gasteiger partial charge in [0.1, 0.15) is 0 Å². The summed E-state index contributed by atoms with van der Waals surface area (Å²) >= 11 is 0. The predicted molar refractivity (Wildman–Crippen MR) is 98.5 cm³/mol. The first-order valence-corrected chi connectivity index (χ1v) is 9.14. The molecule has 3 rings (SSSR count). The fraction of sp³-hybridized carbons (Fsp3) is 0.579. The maximum atomic E-state index is 12.4. The number of hydrogen-bond acceptors (Lipinski definition) is 4. The second-order valence-electron chi connectivity index (χ2n) is 7.04. The third-order valence-corrected chi connectivity index (χ3v) is 5.32. The van der Waals surface area contributed by atoms with Crippen LogP contribution in [0.25, 0.3) is 0 Å². The summed E-state index contributed by atoms with van der Waals surface area (Å²) in [4.78, 5) is 19.2. The number of rotatable bonds is 3. The first-order chi connectivity index (χ1) is 12.2. The molecule has 1 aromatic carbocycles. The number of amides is 2. The van der Waals surface area contributed by atoms with E-state index in [-0.39, 0.29) is 6.03 Å². The van der Waals surface area contributed by atoms with Crippen molar-refractivity contribution < 1.29 is 4.79 Å². The van der Waals surface area contributed by atoms with Crippen LogP contribution in [0.3, 0.4) is 0 Å². The summed E-state index contributed by atoms with van der Waals surface area (Å²) in [6.45, 7) is 5.71. The van der Waals surface area contributed by atoms with Gasteiger partial charge in [0.05, 0.1) is 11.6 Å². The monoisotopic (exact) mass is 341 g/mol. The van der Waals surface area contributed by atoms with Crippen molar-refractivity contribution in [1.29, 1.82) is 5.26 Å². The van der Waals surface area contributed by atoms with Crippen LogP contribution < -0.4 is 5.32 Å². The summed E-state index contributed by atoms with van der Waals surface area (Å²) in [6, 6.07) is 9.66. The lowest BCUT2D eigenvalue weighted by Gasteiger charge is -2.40. The average Bonchev–Trinajstić information content (AvgIpc) is 2.65. The lowest BCUT2D eigenvalue weighted by atomic mass is 10.0. The van der Waals surface area contributed by atoms with Gasteiger partial charge in [0, 0.05) is 44.5 Å². The van der Waals surface area contributed by atoms with Crippen molar-refractivity contribution in [2.24, 2.45) is 0 Å². The van der Waals surface area contributed by atoms with Crippen LogP contribution in [0, 0.1) is 11.3 Å². The number of nitriles is 1. The zero-order valence-corrected chi connectivity index (χ0v) is 14.9. The van der Waals surface area contributed by atoms with Crippen molar-refractivity contribution in [2.75, 3.05) is 51.6 Å². The quantitative estimate of drug-likeness (QED) is 0.915. The predicted octanol–water partition coefficient (Wildman–Crippen LogP) is 2.19. The Balaban J connectivity index is 1.44. The number of carbonyl (C=O) groups excluding carboxylic acids is 1. The van der Waals surface area contributed by atoms with E-state index in [1.165, 1.54) is 25.8 Å². The van der Waals surface area contributed by atoms with E-state index >= 15 is 0 Å². The highest BCUT2D eigenvalue weighted by atomic mass is 16.2. The number of likely N-dealkylation sites (N-methyl/N-ethyl adjacent to an activating group) is 1. The summed E-state index contributed by atoms with van der Waals surface area (Å²) in [6.07, 6.45) is 3.94. The van der Waals surface area contributed by atoms with E-state index in [9.17, 15) is 4.79 Å². The average molecular weight is 341 g/mol. The van der Waals surface area contributed by atoms with Gasteiger partial charge in [-0.05, 0) is 50.7 Å². The van der Waals surface area contributed by atoms with Crippen LogP contribution in [0.5, 0.6) is 0 Å². The molecular weight excluding hydrogens is 314 g/mol. The number of piperidine rings is 1. The van der Waals surface area contributed by atoms with Crippen molar-refractivity contribution >= 4 is 11.7 Å². The second kappa shape index (κ2) is 8.32. The molecule has 2 amide bonds. The maximum Gasteiger partial charge on any atom is 0.321 e. The van der Waals surface area contributed by atoms with E-state index in [1.807, 2.05) is 4.90 Å². The third kappa shape index (κ3) is 4.71. The first-order valence-electron chi connectivity index (χ1n) is 9.14. The highest BCUT2D eigenvalue weighted by Crippen LogP contribution is 2.17. The summed E-state index contributed by atoms with van der Waals surface area (Å²) in [5.74, 6) is 0. The van der Waals surface area contributed by atoms with Gasteiger partial charge in [-0.25, -0.2) is 4.79 Å². The third-order valence-electron chi connectivity index (χ3n) is 5.32. The summed E-state index contributed by atoms with van der Waals surface area (Å²) < 4.78 is 0. The van der Waals surface area contributed by atoms with Gasteiger partial charge in [0.15, 0.2) is 0 Å². The first kappa shape index (κ1) is 17.7. The molecule has 0 spiro atoms. The van der Waals surface area contributed by atoms with Crippen LogP contribution in [0.15, 0.2) is 24.3 Å². The molecule has 1 aromatic rings. The molecule has 1 atom stereocenters. The summed E-state index contributed by atoms with van der Waals surface area (Å²) in [5.41, 5.74) is 1.33. The largest absolute Gasteiger partial charge is 0.322 e. The van der Waals surface area contributed by atoms with Crippen molar-refractivity contribution in [3.63, 3.8) is 0 Å². The zero-order valence-electron chi connectivity index (χ0n) is 14.9. The lowest BCUT2D eigenvalue weighted by Crippen LogP contribution is -2.53. The molecule has 1 N–H and O–H groups in total. The number of urea groups is 1. The Hall–Kier alpha value is -2.10. The SMILES string of the molecule is CN1CCCC[C@H]1CN1CCN(C(=O)Nc2ccc(C#N)cc2)CC1. The van der Waals surface area contributed by atoms with Gasteiger partial charge < -0.3 is 15.1 Å². The molecule has 0 unspecified atom stereocenters. The molecule has 0 aliphatic carbocycles. The molecule has 0 bridgehead atoms. The van der Waals surface area contributed by atoms with E-state index in [4.69, 9.17) is 5.26 Å². The fourth-order valence-electron chi connectivity index (χ4n) is 3.64. The van der Waals surface area contributed by atoms with Gasteiger partial charge in [-0.2, -0.15) is 5.26 Å². The van der Waals surface area contributed by atoms with Crippen LogP contribution in [-0.2, 0) is 0 Å². The van der Waals surface area contributed by atoms with Gasteiger partial charge >= 0.3 is 6.03 Å². The van der Waals surface area contributed by atoms with Crippen molar-refractivity contribution in [1.82, 2.24) is 14.7 Å². The molecule has 2 fully saturated rings. The molecule has 0 radical (unpaired) electrons. The highest BCUT2D eigenvalue weighted by Gasteiger charge is 2.25. The number of hydrogen-bond donors (Lipinski definition) is 1. The smallest absolute Gasteiger partial charge is 0.321 e. The second-order valence-corrected chi connectivity index (χ2v) is 7.04. The number of piperazine rings is 1.